The fourth-order valence-electron chi connectivity index (χ4n) is 8.52. The summed E-state index contributed by atoms with van der Waals surface area (Å²) >= 11 is 0. The molecule has 0 aliphatic rings. The van der Waals surface area contributed by atoms with Gasteiger partial charge in [0.25, 0.3) is 0 Å². The molecular weight excluding hydrogens is 1110 g/mol. The second-order valence-electron chi connectivity index (χ2n) is 19.6. The van der Waals surface area contributed by atoms with Crippen LogP contribution >= 0.6 is 0 Å². The minimum absolute atomic E-state index is 0.0407. The fraction of sp³-hybridized carbons (Fsp3) is 0.0423. The van der Waals surface area contributed by atoms with Crippen molar-refractivity contribution < 1.29 is 76.3 Å². The van der Waals surface area contributed by atoms with Crippen LogP contribution in [0.25, 0.3) is 0 Å². The van der Waals surface area contributed by atoms with Crippen molar-refractivity contribution in [2.75, 3.05) is 0 Å². The van der Waals surface area contributed by atoms with Gasteiger partial charge in [-0.15, -0.1) is 0 Å². The lowest BCUT2D eigenvalue weighted by molar-refractivity contribution is 0.0681. The highest BCUT2D eigenvalue weighted by Gasteiger charge is 2.29. The van der Waals surface area contributed by atoms with Gasteiger partial charge in [0.15, 0.2) is 23.0 Å². The van der Waals surface area contributed by atoms with Crippen LogP contribution < -0.4 is 37.9 Å². The lowest BCUT2D eigenvalue weighted by atomic mass is 9.78. The van der Waals surface area contributed by atoms with Crippen LogP contribution in [0.2, 0.25) is 0 Å². The molecule has 16 nitrogen and oxygen atoms in total. The molecule has 0 bridgehead atoms. The van der Waals surface area contributed by atoms with E-state index in [4.69, 9.17) is 37.9 Å². The average Bonchev–Trinajstić information content (AvgIpc) is 1.86. The van der Waals surface area contributed by atoms with Gasteiger partial charge in [-0.1, -0.05) is 98.8 Å². The van der Waals surface area contributed by atoms with E-state index in [1.165, 1.54) is 121 Å². The van der Waals surface area contributed by atoms with Gasteiger partial charge in [0.05, 0.1) is 44.5 Å². The van der Waals surface area contributed by atoms with Crippen molar-refractivity contribution in [1.29, 1.82) is 0 Å². The molecule has 0 radical (unpaired) electrons. The van der Waals surface area contributed by atoms with Crippen molar-refractivity contribution in [2.24, 2.45) is 0 Å². The van der Waals surface area contributed by atoms with Crippen LogP contribution in [0.1, 0.15) is 108 Å². The first-order valence-electron chi connectivity index (χ1n) is 26.8. The van der Waals surface area contributed by atoms with Gasteiger partial charge in [-0.2, -0.15) is 0 Å². The molecular formula is C71H48O16. The van der Waals surface area contributed by atoms with Gasteiger partial charge in [0.2, 0.25) is 0 Å². The van der Waals surface area contributed by atoms with Crippen LogP contribution in [-0.2, 0) is 5.41 Å². The number of carbonyl (C=O) groups is 8. The summed E-state index contributed by atoms with van der Waals surface area (Å²) in [6, 6.07) is 65.1. The van der Waals surface area contributed by atoms with Crippen molar-refractivity contribution in [3.05, 3.63) is 310 Å². The molecule has 0 amide bonds. The lowest BCUT2D eigenvalue weighted by Gasteiger charge is -2.28. The summed E-state index contributed by atoms with van der Waals surface area (Å²) in [6.45, 7) is 3.63. The third-order valence-corrected chi connectivity index (χ3v) is 13.4. The fourth-order valence-corrected chi connectivity index (χ4v) is 8.52. The molecule has 10 aromatic carbocycles. The first-order valence-corrected chi connectivity index (χ1v) is 26.8. The Balaban J connectivity index is 0.934. The zero-order valence-corrected chi connectivity index (χ0v) is 46.3. The summed E-state index contributed by atoms with van der Waals surface area (Å²) in [6.07, 6.45) is 0. The number of hydrogen-bond donors (Lipinski definition) is 0. The molecule has 10 rings (SSSR count). The van der Waals surface area contributed by atoms with Gasteiger partial charge in [0, 0.05) is 5.41 Å². The van der Waals surface area contributed by atoms with E-state index in [0.29, 0.717) is 33.4 Å². The summed E-state index contributed by atoms with van der Waals surface area (Å²) in [5.74, 6) is -5.95. The molecule has 16 heteroatoms. The predicted molar refractivity (Wildman–Crippen MR) is 316 cm³/mol. The number of benzene rings is 10. The second kappa shape index (κ2) is 26.5. The van der Waals surface area contributed by atoms with Gasteiger partial charge < -0.3 is 37.9 Å². The van der Waals surface area contributed by atoms with Crippen molar-refractivity contribution in [3.8, 4) is 46.0 Å². The maximum absolute atomic E-state index is 14.0. The van der Waals surface area contributed by atoms with Gasteiger partial charge in [-0.05, 0) is 181 Å². The Morgan fingerprint density at radius 3 is 0.644 bits per heavy atom. The summed E-state index contributed by atoms with van der Waals surface area (Å²) in [4.78, 5) is 107. The third-order valence-electron chi connectivity index (χ3n) is 13.4. The maximum atomic E-state index is 14.0. The van der Waals surface area contributed by atoms with Gasteiger partial charge in [-0.3, -0.25) is 0 Å². The van der Waals surface area contributed by atoms with E-state index < -0.39 is 53.2 Å². The van der Waals surface area contributed by atoms with Crippen molar-refractivity contribution >= 4 is 47.8 Å². The van der Waals surface area contributed by atoms with Crippen LogP contribution in [0.5, 0.6) is 46.0 Å². The Morgan fingerprint density at radius 1 is 0.218 bits per heavy atom. The van der Waals surface area contributed by atoms with Gasteiger partial charge >= 0.3 is 47.8 Å². The molecule has 10 aromatic rings. The van der Waals surface area contributed by atoms with Crippen LogP contribution in [0.4, 0.5) is 0 Å². The first kappa shape index (κ1) is 58.2. The smallest absolute Gasteiger partial charge is 0.343 e. The van der Waals surface area contributed by atoms with E-state index >= 15 is 0 Å². The molecule has 0 saturated carbocycles. The summed E-state index contributed by atoms with van der Waals surface area (Å²) in [5.41, 5.74) is 1.38. The minimum Gasteiger partial charge on any atom is -0.423 e. The Kier molecular flexibility index (Phi) is 17.7. The molecule has 87 heavy (non-hydrogen) atoms. The normalized spacial score (nSPS) is 10.8. The van der Waals surface area contributed by atoms with E-state index in [2.05, 4.69) is 0 Å². The minimum atomic E-state index is -1.08. The van der Waals surface area contributed by atoms with Gasteiger partial charge in [0.1, 0.15) is 23.0 Å². The zero-order chi connectivity index (χ0) is 60.9. The summed E-state index contributed by atoms with van der Waals surface area (Å²) in [7, 11) is 0. The Morgan fingerprint density at radius 2 is 0.414 bits per heavy atom. The molecule has 0 fully saturated rings. The van der Waals surface area contributed by atoms with E-state index in [0.717, 1.165) is 0 Å². The van der Waals surface area contributed by atoms with Crippen LogP contribution in [-0.4, -0.2) is 47.8 Å². The molecule has 0 atom stereocenters. The molecule has 0 aliphatic carbocycles. The molecule has 0 spiro atoms. The Hall–Kier alpha value is -12.0. The first-order chi connectivity index (χ1) is 42.1. The summed E-state index contributed by atoms with van der Waals surface area (Å²) < 4.78 is 45.7. The molecule has 0 heterocycles. The van der Waals surface area contributed by atoms with Crippen LogP contribution in [0, 0.1) is 0 Å². The quantitative estimate of drug-likeness (QED) is 0.0577. The number of rotatable bonds is 18. The van der Waals surface area contributed by atoms with Gasteiger partial charge in [-0.25, -0.2) is 38.4 Å². The Labute approximate surface area is 497 Å². The SMILES string of the molecule is CC(C)(c1ccc(OC(=O)c2ccc(OC(=O)c3ccccc3)cc2)c(OC(=O)c2ccc(OC(=O)c3ccccc3)cc2)c1)c1ccc(OC(=O)c2ccc(OC(=O)c3ccccc3)cc2)c(OC(=O)c2ccc(OC(=O)c3ccccc3)cc2)c1. The van der Waals surface area contributed by atoms with E-state index in [1.807, 2.05) is 13.8 Å². The van der Waals surface area contributed by atoms with E-state index in [9.17, 15) is 38.4 Å². The lowest BCUT2D eigenvalue weighted by Crippen LogP contribution is -2.21. The zero-order valence-electron chi connectivity index (χ0n) is 46.3. The standard InChI is InChI=1S/C71H48O16/c1-71(2,53-31-41-59(84-67(76)49-23-33-55(34-24-49)80-63(72)45-15-7-3-8-16-45)61(43-53)86-69(78)51-27-37-57(38-28-51)82-65(74)47-19-11-5-12-20-47)54-32-42-60(85-68(77)50-25-35-56(36-26-50)81-64(73)46-17-9-4-10-18-46)62(44-54)87-70(79)52-29-39-58(40-30-52)83-66(75)48-21-13-6-14-22-48/h3-44H,1-2H3. The monoisotopic (exact) mass is 1160 g/mol. The molecule has 0 aliphatic heterocycles. The average molecular weight is 1160 g/mol. The van der Waals surface area contributed by atoms with Crippen molar-refractivity contribution in [2.45, 2.75) is 19.3 Å². The molecule has 0 unspecified atom stereocenters. The van der Waals surface area contributed by atoms with Crippen LogP contribution in [0.3, 0.4) is 0 Å². The van der Waals surface area contributed by atoms with E-state index in [1.54, 1.807) is 133 Å². The molecule has 0 aromatic heterocycles. The summed E-state index contributed by atoms with van der Waals surface area (Å²) in [5, 5.41) is 0. The number of esters is 8. The van der Waals surface area contributed by atoms with E-state index in [-0.39, 0.29) is 68.2 Å². The van der Waals surface area contributed by atoms with Crippen molar-refractivity contribution in [1.82, 2.24) is 0 Å². The highest BCUT2D eigenvalue weighted by atomic mass is 16.6. The number of carbonyl (C=O) groups excluding carboxylic acids is 8. The highest BCUT2D eigenvalue weighted by Crippen LogP contribution is 2.41. The molecule has 0 N–H and O–H groups in total. The molecule has 0 saturated heterocycles. The second-order valence-corrected chi connectivity index (χ2v) is 19.6. The number of ether oxygens (including phenoxy) is 8. The maximum Gasteiger partial charge on any atom is 0.343 e. The predicted octanol–water partition coefficient (Wildman–Crippen LogP) is 13.8. The highest BCUT2D eigenvalue weighted by molar-refractivity contribution is 5.97. The molecule has 428 valence electrons. The largest absolute Gasteiger partial charge is 0.423 e. The number of hydrogen-bond acceptors (Lipinski definition) is 16. The third kappa shape index (κ3) is 14.6. The topological polar surface area (TPSA) is 210 Å². The van der Waals surface area contributed by atoms with Crippen molar-refractivity contribution in [3.63, 3.8) is 0 Å². The van der Waals surface area contributed by atoms with Crippen LogP contribution in [0.15, 0.2) is 255 Å². The Bertz CT molecular complexity index is 3900.